The van der Waals surface area contributed by atoms with Crippen molar-refractivity contribution in [3.05, 3.63) is 60.7 Å². The molecule has 212 valence electrons. The van der Waals surface area contributed by atoms with Crippen molar-refractivity contribution in [1.29, 1.82) is 0 Å². The highest BCUT2D eigenvalue weighted by molar-refractivity contribution is 5.24. The van der Waals surface area contributed by atoms with Gasteiger partial charge in [-0.3, -0.25) is 0 Å². The second kappa shape index (κ2) is 12.3. The van der Waals surface area contributed by atoms with Gasteiger partial charge in [-0.15, -0.1) is 6.58 Å². The highest BCUT2D eigenvalue weighted by Crippen LogP contribution is 2.60. The molecule has 0 aromatic heterocycles. The van der Waals surface area contributed by atoms with Gasteiger partial charge in [-0.25, -0.2) is 0 Å². The second-order valence-electron chi connectivity index (χ2n) is 16.2. The monoisotopic (exact) mass is 509 g/mol. The fraction of sp³-hybridized carbons (Fsp3) is 0.730. The molecule has 0 aliphatic carbocycles. The smallest absolute Gasteiger partial charge is 0.0100 e. The fourth-order valence-corrected chi connectivity index (χ4v) is 6.01. The molecule has 1 rings (SSSR count). The standard InChI is InChI=1S/C37H64/c1-16-29(17-2)27-35(10,11)33(6,7)25-21-22-26-34(8,9)37(14,15)36(12,13)31(28-32(3,4)5)30-23-19-18-20-24-30/h16,18-24,29,31H,1,17,25-28H2,2-15H3/b22-21+. The minimum Gasteiger partial charge on any atom is -0.103 e. The number of benzene rings is 1. The normalized spacial score (nSPS) is 16.2. The number of hydrogen-bond donors (Lipinski definition) is 0. The van der Waals surface area contributed by atoms with Gasteiger partial charge in [0.25, 0.3) is 0 Å². The summed E-state index contributed by atoms with van der Waals surface area (Å²) >= 11 is 0. The van der Waals surface area contributed by atoms with Crippen molar-refractivity contribution in [1.82, 2.24) is 0 Å². The van der Waals surface area contributed by atoms with Gasteiger partial charge >= 0.3 is 0 Å². The van der Waals surface area contributed by atoms with Crippen LogP contribution in [0.4, 0.5) is 0 Å². The Kier molecular flexibility index (Phi) is 11.2. The van der Waals surface area contributed by atoms with Crippen LogP contribution in [0.5, 0.6) is 0 Å². The highest BCUT2D eigenvalue weighted by atomic mass is 14.6. The molecule has 0 amide bonds. The van der Waals surface area contributed by atoms with Crippen molar-refractivity contribution < 1.29 is 0 Å². The third-order valence-electron chi connectivity index (χ3n) is 11.1. The van der Waals surface area contributed by atoms with E-state index in [0.717, 1.165) is 12.8 Å². The second-order valence-corrected chi connectivity index (χ2v) is 16.2. The van der Waals surface area contributed by atoms with Crippen LogP contribution in [0, 0.1) is 38.4 Å². The summed E-state index contributed by atoms with van der Waals surface area (Å²) in [7, 11) is 0. The maximum Gasteiger partial charge on any atom is -0.0100 e. The van der Waals surface area contributed by atoms with E-state index in [2.05, 4.69) is 152 Å². The van der Waals surface area contributed by atoms with Crippen LogP contribution in [0.25, 0.3) is 0 Å². The Bertz CT molecular complexity index is 851. The molecule has 1 aromatic rings. The molecule has 0 saturated carbocycles. The molecule has 0 spiro atoms. The van der Waals surface area contributed by atoms with Crippen LogP contribution in [-0.2, 0) is 0 Å². The minimum atomic E-state index is 0.125. The fourth-order valence-electron chi connectivity index (χ4n) is 6.01. The first kappa shape index (κ1) is 33.7. The Morgan fingerprint density at radius 1 is 0.676 bits per heavy atom. The van der Waals surface area contributed by atoms with Gasteiger partial charge in [0.1, 0.15) is 0 Å². The summed E-state index contributed by atoms with van der Waals surface area (Å²) < 4.78 is 0. The summed E-state index contributed by atoms with van der Waals surface area (Å²) in [6, 6.07) is 11.3. The van der Waals surface area contributed by atoms with Crippen molar-refractivity contribution in [2.24, 2.45) is 38.4 Å². The van der Waals surface area contributed by atoms with Crippen LogP contribution < -0.4 is 0 Å². The van der Waals surface area contributed by atoms with Gasteiger partial charge in [-0.1, -0.05) is 145 Å². The lowest BCUT2D eigenvalue weighted by molar-refractivity contribution is -0.0435. The molecule has 0 heterocycles. The van der Waals surface area contributed by atoms with E-state index < -0.39 is 0 Å². The van der Waals surface area contributed by atoms with Gasteiger partial charge in [0.2, 0.25) is 0 Å². The van der Waals surface area contributed by atoms with Crippen LogP contribution >= 0.6 is 0 Å². The molecule has 37 heavy (non-hydrogen) atoms. The van der Waals surface area contributed by atoms with Crippen LogP contribution in [0.15, 0.2) is 55.1 Å². The van der Waals surface area contributed by atoms with Crippen molar-refractivity contribution >= 4 is 0 Å². The first-order chi connectivity index (χ1) is 16.6. The number of rotatable bonds is 14. The molecular weight excluding hydrogens is 444 g/mol. The average molecular weight is 509 g/mol. The molecule has 0 aliphatic heterocycles. The Labute approximate surface area is 233 Å². The molecule has 2 atom stereocenters. The Morgan fingerprint density at radius 3 is 1.59 bits per heavy atom. The summed E-state index contributed by atoms with van der Waals surface area (Å²) in [5.41, 5.74) is 2.68. The van der Waals surface area contributed by atoms with Crippen molar-refractivity contribution in [3.63, 3.8) is 0 Å². The summed E-state index contributed by atoms with van der Waals surface area (Å²) in [4.78, 5) is 0. The predicted molar refractivity (Wildman–Crippen MR) is 169 cm³/mol. The third kappa shape index (κ3) is 8.34. The van der Waals surface area contributed by atoms with E-state index in [9.17, 15) is 0 Å². The van der Waals surface area contributed by atoms with Gasteiger partial charge in [0.15, 0.2) is 0 Å². The molecule has 0 bridgehead atoms. The topological polar surface area (TPSA) is 0 Å². The van der Waals surface area contributed by atoms with Gasteiger partial charge < -0.3 is 0 Å². The molecule has 0 N–H and O–H groups in total. The first-order valence-electron chi connectivity index (χ1n) is 15.0. The van der Waals surface area contributed by atoms with Gasteiger partial charge in [0, 0.05) is 0 Å². The van der Waals surface area contributed by atoms with Gasteiger partial charge in [0.05, 0.1) is 0 Å². The molecule has 2 unspecified atom stereocenters. The largest absolute Gasteiger partial charge is 0.103 e. The molecule has 0 nitrogen and oxygen atoms in total. The maximum absolute atomic E-state index is 4.08. The molecule has 0 saturated heterocycles. The molecule has 0 heteroatoms. The van der Waals surface area contributed by atoms with Crippen molar-refractivity contribution in [2.45, 2.75) is 135 Å². The Balaban J connectivity index is 3.14. The zero-order valence-electron chi connectivity index (χ0n) is 27.5. The summed E-state index contributed by atoms with van der Waals surface area (Å²) in [6.07, 6.45) is 12.9. The summed E-state index contributed by atoms with van der Waals surface area (Å²) in [5, 5.41) is 0. The quantitative estimate of drug-likeness (QED) is 0.219. The maximum atomic E-state index is 4.08. The minimum absolute atomic E-state index is 0.125. The lowest BCUT2D eigenvalue weighted by Crippen LogP contribution is -2.48. The van der Waals surface area contributed by atoms with Crippen LogP contribution in [-0.4, -0.2) is 0 Å². The van der Waals surface area contributed by atoms with E-state index in [-0.39, 0.29) is 32.5 Å². The highest BCUT2D eigenvalue weighted by Gasteiger charge is 2.51. The van der Waals surface area contributed by atoms with E-state index in [1.807, 2.05) is 0 Å². The van der Waals surface area contributed by atoms with Gasteiger partial charge in [-0.05, 0) is 82.0 Å². The van der Waals surface area contributed by atoms with E-state index in [4.69, 9.17) is 0 Å². The molecule has 0 radical (unpaired) electrons. The van der Waals surface area contributed by atoms with Crippen molar-refractivity contribution in [2.75, 3.05) is 0 Å². The SMILES string of the molecule is C=CC(CC)CC(C)(C)C(C)(C)C/C=C/CC(C)(C)C(C)(C)C(C)(C)C(CC(C)(C)C)c1ccccc1. The summed E-state index contributed by atoms with van der Waals surface area (Å²) in [6.45, 7) is 38.4. The molecular formula is C37H64. The van der Waals surface area contributed by atoms with Crippen LogP contribution in [0.1, 0.15) is 141 Å². The zero-order valence-corrected chi connectivity index (χ0v) is 27.5. The average Bonchev–Trinajstić information content (AvgIpc) is 2.78. The van der Waals surface area contributed by atoms with Crippen molar-refractivity contribution in [3.8, 4) is 0 Å². The Hall–Kier alpha value is -1.30. The van der Waals surface area contributed by atoms with Crippen LogP contribution in [0.2, 0.25) is 0 Å². The zero-order chi connectivity index (χ0) is 28.9. The van der Waals surface area contributed by atoms with E-state index in [1.54, 1.807) is 0 Å². The van der Waals surface area contributed by atoms with Crippen LogP contribution in [0.3, 0.4) is 0 Å². The van der Waals surface area contributed by atoms with Gasteiger partial charge in [-0.2, -0.15) is 0 Å². The third-order valence-corrected chi connectivity index (χ3v) is 11.1. The molecule has 0 fully saturated rings. The number of allylic oxidation sites excluding steroid dienone is 3. The Morgan fingerprint density at radius 2 is 1.16 bits per heavy atom. The first-order valence-corrected chi connectivity index (χ1v) is 15.0. The predicted octanol–water partition coefficient (Wildman–Crippen LogP) is 12.3. The summed E-state index contributed by atoms with van der Waals surface area (Å²) in [5.74, 6) is 1.11. The number of hydrogen-bond acceptors (Lipinski definition) is 0. The lowest BCUT2D eigenvalue weighted by Gasteiger charge is -2.56. The van der Waals surface area contributed by atoms with E-state index >= 15 is 0 Å². The van der Waals surface area contributed by atoms with E-state index in [1.165, 1.54) is 24.8 Å². The lowest BCUT2D eigenvalue weighted by atomic mass is 9.48. The van der Waals surface area contributed by atoms with E-state index in [0.29, 0.717) is 11.8 Å². The molecule has 0 aliphatic rings. The molecule has 1 aromatic carbocycles.